The number of nitrogens with zero attached hydrogens (tertiary/aromatic N) is 2. The highest BCUT2D eigenvalue weighted by molar-refractivity contribution is 5.86. The van der Waals surface area contributed by atoms with Crippen LogP contribution in [0.25, 0.3) is 0 Å². The van der Waals surface area contributed by atoms with Crippen molar-refractivity contribution in [1.29, 1.82) is 0 Å². The first kappa shape index (κ1) is 17.9. The number of anilines is 2. The predicted molar refractivity (Wildman–Crippen MR) is 109 cm³/mol. The number of fused-ring (bicyclic) bond motifs is 3. The topological polar surface area (TPSA) is 44.8 Å². The zero-order chi connectivity index (χ0) is 19.3. The SMILES string of the molecule is Cc1cc(C)cc(NC(=O)Oc2ccc3c(c2)[C@]2(C)CCN(C)C2N3C)c1. The zero-order valence-corrected chi connectivity index (χ0v) is 16.7. The van der Waals surface area contributed by atoms with Crippen LogP contribution in [-0.4, -0.2) is 37.8 Å². The molecular formula is C22H27N3O2. The first-order valence-corrected chi connectivity index (χ1v) is 9.43. The third-order valence-corrected chi connectivity index (χ3v) is 5.98. The monoisotopic (exact) mass is 365 g/mol. The molecule has 27 heavy (non-hydrogen) atoms. The molecule has 0 bridgehead atoms. The van der Waals surface area contributed by atoms with Crippen LogP contribution in [0.3, 0.4) is 0 Å². The van der Waals surface area contributed by atoms with E-state index in [-0.39, 0.29) is 5.41 Å². The molecule has 0 saturated carbocycles. The molecular weight excluding hydrogens is 338 g/mol. The standard InChI is InChI=1S/C22H27N3O2/c1-14-10-15(2)12-16(11-14)23-21(26)27-17-6-7-19-18(13-17)22(3)8-9-24(4)20(22)25(19)5/h6-7,10-13,20H,8-9H2,1-5H3,(H,23,26)/t20?,22-/m0/s1. The van der Waals surface area contributed by atoms with Crippen molar-refractivity contribution < 1.29 is 9.53 Å². The molecule has 2 heterocycles. The van der Waals surface area contributed by atoms with Gasteiger partial charge in [-0.2, -0.15) is 0 Å². The highest BCUT2D eigenvalue weighted by Crippen LogP contribution is 2.51. The summed E-state index contributed by atoms with van der Waals surface area (Å²) in [5.41, 5.74) is 5.50. The Bertz CT molecular complexity index is 890. The molecule has 142 valence electrons. The fraction of sp³-hybridized carbons (Fsp3) is 0.409. The fourth-order valence-corrected chi connectivity index (χ4v) is 4.92. The molecule has 1 saturated heterocycles. The number of benzene rings is 2. The largest absolute Gasteiger partial charge is 0.417 e. The van der Waals surface area contributed by atoms with Gasteiger partial charge in [-0.25, -0.2) is 4.79 Å². The minimum Gasteiger partial charge on any atom is -0.410 e. The van der Waals surface area contributed by atoms with E-state index in [0.717, 1.165) is 29.8 Å². The molecule has 2 aromatic rings. The minimum absolute atomic E-state index is 0.0579. The van der Waals surface area contributed by atoms with Gasteiger partial charge in [-0.3, -0.25) is 10.2 Å². The van der Waals surface area contributed by atoms with Gasteiger partial charge in [-0.05, 0) is 74.3 Å². The van der Waals surface area contributed by atoms with Crippen molar-refractivity contribution >= 4 is 17.5 Å². The summed E-state index contributed by atoms with van der Waals surface area (Å²) in [5.74, 6) is 0.584. The molecule has 0 spiro atoms. The average molecular weight is 365 g/mol. The fourth-order valence-electron chi connectivity index (χ4n) is 4.92. The Balaban J connectivity index is 1.55. The summed E-state index contributed by atoms with van der Waals surface area (Å²) in [6.07, 6.45) is 0.993. The molecule has 5 heteroatoms. The first-order valence-electron chi connectivity index (χ1n) is 9.43. The lowest BCUT2D eigenvalue weighted by Crippen LogP contribution is -2.45. The van der Waals surface area contributed by atoms with Crippen LogP contribution < -0.4 is 15.0 Å². The van der Waals surface area contributed by atoms with Crippen molar-refractivity contribution in [2.45, 2.75) is 38.8 Å². The number of carbonyl (C=O) groups excluding carboxylic acids is 1. The quantitative estimate of drug-likeness (QED) is 0.863. The van der Waals surface area contributed by atoms with Crippen LogP contribution in [0.5, 0.6) is 5.75 Å². The molecule has 0 aliphatic carbocycles. The molecule has 2 aliphatic rings. The normalized spacial score (nSPS) is 23.9. The van der Waals surface area contributed by atoms with Gasteiger partial charge in [0.1, 0.15) is 5.75 Å². The van der Waals surface area contributed by atoms with E-state index in [4.69, 9.17) is 4.74 Å². The number of hydrogen-bond donors (Lipinski definition) is 1. The van der Waals surface area contributed by atoms with Gasteiger partial charge >= 0.3 is 6.09 Å². The zero-order valence-electron chi connectivity index (χ0n) is 16.7. The van der Waals surface area contributed by atoms with Crippen molar-refractivity contribution in [3.8, 4) is 5.75 Å². The van der Waals surface area contributed by atoms with Gasteiger partial charge in [0.2, 0.25) is 0 Å². The molecule has 0 radical (unpaired) electrons. The second-order valence-electron chi connectivity index (χ2n) is 8.20. The summed E-state index contributed by atoms with van der Waals surface area (Å²) in [7, 11) is 4.32. The van der Waals surface area contributed by atoms with Crippen molar-refractivity contribution in [2.75, 3.05) is 30.9 Å². The molecule has 1 fully saturated rings. The second kappa shape index (κ2) is 6.27. The van der Waals surface area contributed by atoms with E-state index in [0.29, 0.717) is 11.9 Å². The van der Waals surface area contributed by atoms with Gasteiger partial charge in [-0.1, -0.05) is 13.0 Å². The minimum atomic E-state index is -0.462. The highest BCUT2D eigenvalue weighted by Gasteiger charge is 2.52. The molecule has 1 unspecified atom stereocenters. The van der Waals surface area contributed by atoms with Crippen molar-refractivity contribution in [3.63, 3.8) is 0 Å². The van der Waals surface area contributed by atoms with Crippen molar-refractivity contribution in [2.24, 2.45) is 0 Å². The Labute approximate surface area is 160 Å². The average Bonchev–Trinajstić information content (AvgIpc) is 2.99. The van der Waals surface area contributed by atoms with Crippen LogP contribution in [0, 0.1) is 13.8 Å². The predicted octanol–water partition coefficient (Wildman–Crippen LogP) is 4.28. The number of amides is 1. The summed E-state index contributed by atoms with van der Waals surface area (Å²) < 4.78 is 5.60. The number of ether oxygens (including phenoxy) is 1. The van der Waals surface area contributed by atoms with E-state index in [1.807, 2.05) is 38.1 Å². The molecule has 2 aliphatic heterocycles. The Morgan fingerprint density at radius 1 is 1.15 bits per heavy atom. The molecule has 5 nitrogen and oxygen atoms in total. The lowest BCUT2D eigenvalue weighted by molar-refractivity contribution is 0.215. The third-order valence-electron chi connectivity index (χ3n) is 5.98. The van der Waals surface area contributed by atoms with Gasteiger partial charge < -0.3 is 9.64 Å². The molecule has 4 rings (SSSR count). The number of hydrogen-bond acceptors (Lipinski definition) is 4. The number of aryl methyl sites for hydroxylation is 2. The van der Waals surface area contributed by atoms with E-state index in [1.165, 1.54) is 11.3 Å². The van der Waals surface area contributed by atoms with Gasteiger partial charge in [0.15, 0.2) is 0 Å². The van der Waals surface area contributed by atoms with E-state index < -0.39 is 6.09 Å². The first-order chi connectivity index (χ1) is 12.8. The van der Waals surface area contributed by atoms with Gasteiger partial charge in [0, 0.05) is 30.4 Å². The maximum atomic E-state index is 12.4. The Morgan fingerprint density at radius 2 is 1.85 bits per heavy atom. The number of likely N-dealkylation sites (tertiary alicyclic amines) is 1. The van der Waals surface area contributed by atoms with Gasteiger partial charge in [0.25, 0.3) is 0 Å². The Hall–Kier alpha value is -2.53. The van der Waals surface area contributed by atoms with Crippen LogP contribution in [-0.2, 0) is 5.41 Å². The molecule has 2 atom stereocenters. The van der Waals surface area contributed by atoms with E-state index in [2.05, 4.69) is 48.3 Å². The van der Waals surface area contributed by atoms with Crippen molar-refractivity contribution in [3.05, 3.63) is 53.1 Å². The van der Waals surface area contributed by atoms with Crippen LogP contribution >= 0.6 is 0 Å². The summed E-state index contributed by atoms with van der Waals surface area (Å²) in [4.78, 5) is 17.1. The smallest absolute Gasteiger partial charge is 0.410 e. The lowest BCUT2D eigenvalue weighted by atomic mass is 9.81. The molecule has 1 N–H and O–H groups in total. The second-order valence-corrected chi connectivity index (χ2v) is 8.20. The third kappa shape index (κ3) is 2.96. The number of likely N-dealkylation sites (N-methyl/N-ethyl adjacent to an activating group) is 2. The van der Waals surface area contributed by atoms with E-state index >= 15 is 0 Å². The van der Waals surface area contributed by atoms with E-state index in [1.54, 1.807) is 0 Å². The summed E-state index contributed by atoms with van der Waals surface area (Å²) in [6.45, 7) is 7.40. The number of rotatable bonds is 2. The van der Waals surface area contributed by atoms with Crippen LogP contribution in [0.15, 0.2) is 36.4 Å². The Kier molecular flexibility index (Phi) is 4.15. The Morgan fingerprint density at radius 3 is 2.56 bits per heavy atom. The van der Waals surface area contributed by atoms with Gasteiger partial charge in [-0.15, -0.1) is 0 Å². The highest BCUT2D eigenvalue weighted by atomic mass is 16.6. The molecule has 2 aromatic carbocycles. The number of nitrogens with one attached hydrogen (secondary N) is 1. The van der Waals surface area contributed by atoms with Crippen LogP contribution in [0.2, 0.25) is 0 Å². The van der Waals surface area contributed by atoms with Gasteiger partial charge in [0.05, 0.1) is 6.17 Å². The maximum absolute atomic E-state index is 12.4. The van der Waals surface area contributed by atoms with Crippen LogP contribution in [0.4, 0.5) is 16.2 Å². The number of carbonyl (C=O) groups is 1. The van der Waals surface area contributed by atoms with Crippen molar-refractivity contribution in [1.82, 2.24) is 4.90 Å². The summed E-state index contributed by atoms with van der Waals surface area (Å²) in [6, 6.07) is 11.9. The maximum Gasteiger partial charge on any atom is 0.417 e. The van der Waals surface area contributed by atoms with E-state index in [9.17, 15) is 4.79 Å². The summed E-state index contributed by atoms with van der Waals surface area (Å²) in [5, 5.41) is 2.83. The molecule has 0 aromatic heterocycles. The van der Waals surface area contributed by atoms with Crippen LogP contribution in [0.1, 0.15) is 30.0 Å². The summed E-state index contributed by atoms with van der Waals surface area (Å²) >= 11 is 0. The lowest BCUT2D eigenvalue weighted by Gasteiger charge is -2.32. The molecule has 1 amide bonds.